The van der Waals surface area contributed by atoms with Crippen molar-refractivity contribution in [2.75, 3.05) is 6.61 Å². The molecule has 0 saturated carbocycles. The summed E-state index contributed by atoms with van der Waals surface area (Å²) in [5.74, 6) is -0.299. The molecule has 3 rings (SSSR count). The number of aromatic nitrogens is 2. The van der Waals surface area contributed by atoms with Crippen LogP contribution in [0.3, 0.4) is 0 Å². The van der Waals surface area contributed by atoms with Gasteiger partial charge in [-0.25, -0.2) is 9.36 Å². The lowest BCUT2D eigenvalue weighted by Crippen LogP contribution is -2.30. The molecule has 4 heteroatoms. The molecule has 0 bridgehead atoms. The number of esters is 1. The molecule has 0 aliphatic rings. The Labute approximate surface area is 173 Å². The van der Waals surface area contributed by atoms with Crippen LogP contribution in [0, 0.1) is 41.5 Å². The van der Waals surface area contributed by atoms with Gasteiger partial charge in [0.1, 0.15) is 11.4 Å². The number of nitrogens with zero attached hydrogens (tertiary/aromatic N) is 2. The Morgan fingerprint density at radius 1 is 0.897 bits per heavy atom. The van der Waals surface area contributed by atoms with E-state index in [1.807, 2.05) is 28.6 Å². The van der Waals surface area contributed by atoms with E-state index in [2.05, 4.69) is 65.8 Å². The minimum atomic E-state index is -0.299. The van der Waals surface area contributed by atoms with Crippen molar-refractivity contribution in [2.24, 2.45) is 0 Å². The van der Waals surface area contributed by atoms with Gasteiger partial charge in [-0.15, -0.1) is 0 Å². The normalized spacial score (nSPS) is 11.0. The standard InChI is InChI=1S/C25H31N2O2/c1-8-9-29-25(28)22-14-26(23-18(4)10-16(2)11-19(23)5)15-27(22)24-20(6)12-17(3)13-21(24)7/h10-15H,8-9H2,1-7H3/q+1. The van der Waals surface area contributed by atoms with Crippen molar-refractivity contribution in [1.29, 1.82) is 0 Å². The fourth-order valence-electron chi connectivity index (χ4n) is 4.27. The van der Waals surface area contributed by atoms with Crippen molar-refractivity contribution in [1.82, 2.24) is 4.57 Å². The largest absolute Gasteiger partial charge is 0.459 e. The highest BCUT2D eigenvalue weighted by molar-refractivity contribution is 5.88. The lowest BCUT2D eigenvalue weighted by molar-refractivity contribution is -0.595. The first kappa shape index (κ1) is 20.8. The molecule has 3 aromatic rings. The molecule has 2 aromatic carbocycles. The first-order valence-electron chi connectivity index (χ1n) is 10.2. The molecule has 1 heterocycles. The Hall–Kier alpha value is -2.88. The summed E-state index contributed by atoms with van der Waals surface area (Å²) in [7, 11) is 0. The zero-order chi connectivity index (χ0) is 21.3. The smallest absolute Gasteiger partial charge is 0.382 e. The highest BCUT2D eigenvalue weighted by Crippen LogP contribution is 2.24. The van der Waals surface area contributed by atoms with Gasteiger partial charge in [0.25, 0.3) is 12.0 Å². The molecule has 0 saturated heterocycles. The van der Waals surface area contributed by atoms with Gasteiger partial charge in [-0.1, -0.05) is 42.3 Å². The number of ether oxygens (including phenoxy) is 1. The predicted octanol–water partition coefficient (Wildman–Crippen LogP) is 5.17. The van der Waals surface area contributed by atoms with E-state index < -0.39 is 0 Å². The molecule has 0 radical (unpaired) electrons. The number of rotatable bonds is 5. The molecule has 152 valence electrons. The van der Waals surface area contributed by atoms with Crippen LogP contribution in [0.25, 0.3) is 11.4 Å². The second-order valence-electron chi connectivity index (χ2n) is 8.04. The van der Waals surface area contributed by atoms with Crippen LogP contribution in [-0.4, -0.2) is 17.1 Å². The van der Waals surface area contributed by atoms with E-state index in [9.17, 15) is 4.79 Å². The molecule has 29 heavy (non-hydrogen) atoms. The third kappa shape index (κ3) is 4.12. The first-order chi connectivity index (χ1) is 13.7. The maximum absolute atomic E-state index is 12.9. The van der Waals surface area contributed by atoms with E-state index >= 15 is 0 Å². The zero-order valence-electron chi connectivity index (χ0n) is 18.6. The van der Waals surface area contributed by atoms with Gasteiger partial charge >= 0.3 is 5.97 Å². The molecule has 0 unspecified atom stereocenters. The van der Waals surface area contributed by atoms with E-state index in [0.29, 0.717) is 12.3 Å². The molecule has 0 amide bonds. The zero-order valence-corrected chi connectivity index (χ0v) is 18.6. The molecule has 0 spiro atoms. The van der Waals surface area contributed by atoms with Crippen LogP contribution in [0.15, 0.2) is 36.8 Å². The maximum atomic E-state index is 12.9. The van der Waals surface area contributed by atoms with Gasteiger partial charge in [0.2, 0.25) is 0 Å². The van der Waals surface area contributed by atoms with E-state index in [-0.39, 0.29) is 5.97 Å². The van der Waals surface area contributed by atoms with Crippen molar-refractivity contribution in [3.8, 4) is 11.4 Å². The molecule has 0 aliphatic carbocycles. The molecule has 1 aromatic heterocycles. The Morgan fingerprint density at radius 3 is 1.93 bits per heavy atom. The number of aryl methyl sites for hydroxylation is 6. The second-order valence-corrected chi connectivity index (χ2v) is 8.04. The Kier molecular flexibility index (Phi) is 5.92. The quantitative estimate of drug-likeness (QED) is 0.444. The van der Waals surface area contributed by atoms with E-state index in [0.717, 1.165) is 28.9 Å². The summed E-state index contributed by atoms with van der Waals surface area (Å²) in [6.45, 7) is 15.0. The number of carbonyl (C=O) groups is 1. The fourth-order valence-corrected chi connectivity index (χ4v) is 4.27. The topological polar surface area (TPSA) is 35.1 Å². The first-order valence-corrected chi connectivity index (χ1v) is 10.2. The van der Waals surface area contributed by atoms with Crippen LogP contribution in [0.4, 0.5) is 0 Å². The number of hydrogen-bond acceptors (Lipinski definition) is 2. The van der Waals surface area contributed by atoms with Crippen molar-refractivity contribution in [3.05, 3.63) is 75.9 Å². The Morgan fingerprint density at radius 2 is 1.41 bits per heavy atom. The number of hydrogen-bond donors (Lipinski definition) is 0. The van der Waals surface area contributed by atoms with Gasteiger partial charge in [-0.05, 0) is 70.2 Å². The molecule has 0 atom stereocenters. The van der Waals surface area contributed by atoms with Crippen molar-refractivity contribution >= 4 is 5.97 Å². The highest BCUT2D eigenvalue weighted by Gasteiger charge is 2.27. The highest BCUT2D eigenvalue weighted by atomic mass is 16.5. The van der Waals surface area contributed by atoms with Gasteiger partial charge < -0.3 is 4.74 Å². The van der Waals surface area contributed by atoms with E-state index in [1.165, 1.54) is 22.3 Å². The predicted molar refractivity (Wildman–Crippen MR) is 116 cm³/mol. The van der Waals surface area contributed by atoms with Crippen molar-refractivity contribution in [3.63, 3.8) is 0 Å². The summed E-state index contributed by atoms with van der Waals surface area (Å²) in [5, 5.41) is 0. The fraction of sp³-hybridized carbons (Fsp3) is 0.360. The van der Waals surface area contributed by atoms with Crippen molar-refractivity contribution in [2.45, 2.75) is 54.9 Å². The summed E-state index contributed by atoms with van der Waals surface area (Å²) < 4.78 is 9.52. The van der Waals surface area contributed by atoms with Crippen LogP contribution >= 0.6 is 0 Å². The molecule has 0 N–H and O–H groups in total. The van der Waals surface area contributed by atoms with Crippen LogP contribution in [0.5, 0.6) is 0 Å². The number of carbonyl (C=O) groups excluding carboxylic acids is 1. The lowest BCUT2D eigenvalue weighted by atomic mass is 10.0. The minimum absolute atomic E-state index is 0.299. The Balaban J connectivity index is 2.25. The molecule has 4 nitrogen and oxygen atoms in total. The van der Waals surface area contributed by atoms with Crippen molar-refractivity contribution < 1.29 is 14.1 Å². The maximum Gasteiger partial charge on any atom is 0.382 e. The summed E-state index contributed by atoms with van der Waals surface area (Å²) in [4.78, 5) is 12.9. The average Bonchev–Trinajstić information content (AvgIpc) is 3.02. The summed E-state index contributed by atoms with van der Waals surface area (Å²) in [6.07, 6.45) is 4.69. The monoisotopic (exact) mass is 391 g/mol. The summed E-state index contributed by atoms with van der Waals surface area (Å²) in [5.41, 5.74) is 9.72. The lowest BCUT2D eigenvalue weighted by Gasteiger charge is -2.09. The molecule has 0 aliphatic heterocycles. The Bertz CT molecular complexity index is 1030. The van der Waals surface area contributed by atoms with Crippen LogP contribution in [0.2, 0.25) is 0 Å². The molecular formula is C25H31N2O2+. The van der Waals surface area contributed by atoms with Gasteiger partial charge in [-0.2, -0.15) is 4.57 Å². The van der Waals surface area contributed by atoms with Gasteiger partial charge in [0.15, 0.2) is 6.20 Å². The number of benzene rings is 2. The van der Waals surface area contributed by atoms with Gasteiger partial charge in [0, 0.05) is 0 Å². The minimum Gasteiger partial charge on any atom is -0.459 e. The van der Waals surface area contributed by atoms with Crippen LogP contribution < -0.4 is 4.57 Å². The van der Waals surface area contributed by atoms with Crippen LogP contribution in [0.1, 0.15) is 57.2 Å². The molecular weight excluding hydrogens is 360 g/mol. The number of imidazole rings is 1. The third-order valence-corrected chi connectivity index (χ3v) is 5.18. The van der Waals surface area contributed by atoms with Gasteiger partial charge in [0.05, 0.1) is 6.61 Å². The summed E-state index contributed by atoms with van der Waals surface area (Å²) in [6, 6.07) is 8.64. The second kappa shape index (κ2) is 8.24. The van der Waals surface area contributed by atoms with E-state index in [4.69, 9.17) is 4.74 Å². The average molecular weight is 392 g/mol. The SMILES string of the molecule is CCCOC(=O)c1c[n+](-c2c(C)cc(C)cc2C)cn1-c1c(C)cc(C)cc1C. The third-order valence-electron chi connectivity index (χ3n) is 5.18. The van der Waals surface area contributed by atoms with E-state index in [1.54, 1.807) is 0 Å². The summed E-state index contributed by atoms with van der Waals surface area (Å²) >= 11 is 0. The van der Waals surface area contributed by atoms with Crippen LogP contribution in [-0.2, 0) is 4.74 Å². The van der Waals surface area contributed by atoms with Gasteiger partial charge in [-0.3, -0.25) is 0 Å². The molecule has 0 fully saturated rings.